The number of carbonyl (C=O) groups excluding carboxylic acids is 3. The van der Waals surface area contributed by atoms with Gasteiger partial charge in [-0.25, -0.2) is 4.79 Å². The van der Waals surface area contributed by atoms with Gasteiger partial charge in [0.2, 0.25) is 5.91 Å². The molecular formula is C20H21N5O5. The third-order valence-corrected chi connectivity index (χ3v) is 4.85. The molecule has 2 aromatic carbocycles. The maximum absolute atomic E-state index is 12.9. The van der Waals surface area contributed by atoms with E-state index < -0.39 is 17.0 Å². The summed E-state index contributed by atoms with van der Waals surface area (Å²) in [4.78, 5) is 48.7. The molecule has 4 N–H and O–H groups in total. The number of hydrogen-bond acceptors (Lipinski definition) is 5. The fourth-order valence-electron chi connectivity index (χ4n) is 3.48. The monoisotopic (exact) mass is 411 g/mol. The van der Waals surface area contributed by atoms with Crippen molar-refractivity contribution in [2.45, 2.75) is 25.8 Å². The summed E-state index contributed by atoms with van der Waals surface area (Å²) in [6, 6.07) is 9.28. The van der Waals surface area contributed by atoms with Crippen LogP contribution in [0.25, 0.3) is 0 Å². The van der Waals surface area contributed by atoms with Gasteiger partial charge >= 0.3 is 6.03 Å². The zero-order valence-electron chi connectivity index (χ0n) is 16.3. The lowest BCUT2D eigenvalue weighted by molar-refractivity contribution is -0.385. The number of benzene rings is 2. The number of carbonyl (C=O) groups is 3. The van der Waals surface area contributed by atoms with Crippen LogP contribution in [0.15, 0.2) is 42.5 Å². The van der Waals surface area contributed by atoms with Crippen molar-refractivity contribution >= 4 is 34.9 Å². The predicted molar refractivity (Wildman–Crippen MR) is 110 cm³/mol. The molecule has 10 heteroatoms. The normalized spacial score (nSPS) is 15.5. The minimum absolute atomic E-state index is 0.0632. The van der Waals surface area contributed by atoms with E-state index in [2.05, 4.69) is 10.6 Å². The van der Waals surface area contributed by atoms with E-state index in [-0.39, 0.29) is 17.5 Å². The Morgan fingerprint density at radius 1 is 1.13 bits per heavy atom. The number of nitrogens with zero attached hydrogens (tertiary/aromatic N) is 2. The fraction of sp³-hybridized carbons (Fsp3) is 0.250. The van der Waals surface area contributed by atoms with Crippen LogP contribution in [0.5, 0.6) is 0 Å². The molecule has 2 aromatic rings. The molecule has 1 atom stereocenters. The Hall–Kier alpha value is -3.95. The third-order valence-electron chi connectivity index (χ3n) is 4.85. The van der Waals surface area contributed by atoms with Crippen LogP contribution in [-0.2, 0) is 4.79 Å². The van der Waals surface area contributed by atoms with Crippen LogP contribution in [-0.4, -0.2) is 40.3 Å². The van der Waals surface area contributed by atoms with Gasteiger partial charge in [-0.2, -0.15) is 0 Å². The summed E-state index contributed by atoms with van der Waals surface area (Å²) >= 11 is 0. The smallest absolute Gasteiger partial charge is 0.316 e. The second kappa shape index (κ2) is 8.60. The summed E-state index contributed by atoms with van der Waals surface area (Å²) in [5.74, 6) is -0.703. The minimum Gasteiger partial charge on any atom is -0.351 e. The average molecular weight is 411 g/mol. The molecule has 3 rings (SSSR count). The van der Waals surface area contributed by atoms with Gasteiger partial charge in [0.15, 0.2) is 0 Å². The van der Waals surface area contributed by atoms with Crippen molar-refractivity contribution in [2.24, 2.45) is 5.73 Å². The van der Waals surface area contributed by atoms with E-state index in [0.29, 0.717) is 41.9 Å². The number of rotatable bonds is 5. The van der Waals surface area contributed by atoms with Crippen molar-refractivity contribution in [1.82, 2.24) is 4.90 Å². The first-order chi connectivity index (χ1) is 14.3. The van der Waals surface area contributed by atoms with Crippen molar-refractivity contribution in [3.63, 3.8) is 0 Å². The van der Waals surface area contributed by atoms with Crippen molar-refractivity contribution in [2.75, 3.05) is 17.2 Å². The molecule has 4 amide bonds. The Morgan fingerprint density at radius 2 is 1.83 bits per heavy atom. The molecule has 0 bridgehead atoms. The van der Waals surface area contributed by atoms with E-state index in [1.807, 2.05) is 0 Å². The lowest BCUT2D eigenvalue weighted by Gasteiger charge is -2.24. The molecule has 1 heterocycles. The summed E-state index contributed by atoms with van der Waals surface area (Å²) in [5, 5.41) is 16.2. The zero-order chi connectivity index (χ0) is 21.8. The highest BCUT2D eigenvalue weighted by Gasteiger charge is 2.35. The molecule has 1 fully saturated rings. The molecule has 0 spiro atoms. The Labute approximate surface area is 172 Å². The summed E-state index contributed by atoms with van der Waals surface area (Å²) < 4.78 is 0. The number of hydrogen-bond donors (Lipinski definition) is 3. The van der Waals surface area contributed by atoms with Gasteiger partial charge in [-0.1, -0.05) is 6.07 Å². The summed E-state index contributed by atoms with van der Waals surface area (Å²) in [6.07, 6.45) is 1.17. The number of amides is 4. The van der Waals surface area contributed by atoms with Crippen LogP contribution in [0, 0.1) is 17.0 Å². The first-order valence-corrected chi connectivity index (χ1v) is 9.29. The quantitative estimate of drug-likeness (QED) is 0.511. The number of nitrogens with two attached hydrogens (primary N) is 1. The number of likely N-dealkylation sites (tertiary alicyclic amines) is 1. The van der Waals surface area contributed by atoms with Gasteiger partial charge in [0, 0.05) is 35.1 Å². The summed E-state index contributed by atoms with van der Waals surface area (Å²) in [7, 11) is 0. The van der Waals surface area contributed by atoms with Crippen molar-refractivity contribution < 1.29 is 19.3 Å². The van der Waals surface area contributed by atoms with Gasteiger partial charge in [-0.3, -0.25) is 19.7 Å². The van der Waals surface area contributed by atoms with Gasteiger partial charge in [0.25, 0.3) is 11.6 Å². The summed E-state index contributed by atoms with van der Waals surface area (Å²) in [6.45, 7) is 1.98. The molecule has 10 nitrogen and oxygen atoms in total. The van der Waals surface area contributed by atoms with E-state index in [9.17, 15) is 24.5 Å². The highest BCUT2D eigenvalue weighted by Crippen LogP contribution is 2.25. The summed E-state index contributed by atoms with van der Waals surface area (Å²) in [5.41, 5.74) is 6.60. The van der Waals surface area contributed by atoms with Crippen molar-refractivity contribution in [3.8, 4) is 0 Å². The molecule has 0 aliphatic carbocycles. The molecule has 0 radical (unpaired) electrons. The lowest BCUT2D eigenvalue weighted by Crippen LogP contribution is -2.43. The first kappa shape index (κ1) is 20.8. The molecule has 0 saturated carbocycles. The number of aryl methyl sites for hydroxylation is 1. The highest BCUT2D eigenvalue weighted by molar-refractivity contribution is 6.02. The van der Waals surface area contributed by atoms with Crippen molar-refractivity contribution in [3.05, 3.63) is 63.7 Å². The molecule has 0 aromatic heterocycles. The van der Waals surface area contributed by atoms with Crippen LogP contribution < -0.4 is 16.4 Å². The van der Waals surface area contributed by atoms with Crippen LogP contribution >= 0.6 is 0 Å². The van der Waals surface area contributed by atoms with Gasteiger partial charge < -0.3 is 21.3 Å². The van der Waals surface area contributed by atoms with Crippen molar-refractivity contribution in [1.29, 1.82) is 0 Å². The largest absolute Gasteiger partial charge is 0.351 e. The van der Waals surface area contributed by atoms with Gasteiger partial charge in [0.1, 0.15) is 6.04 Å². The number of urea groups is 1. The third kappa shape index (κ3) is 4.54. The number of anilines is 2. The van der Waals surface area contributed by atoms with Gasteiger partial charge in [-0.05, 0) is 50.1 Å². The predicted octanol–water partition coefficient (Wildman–Crippen LogP) is 2.64. The van der Waals surface area contributed by atoms with Gasteiger partial charge in [0.05, 0.1) is 4.92 Å². The molecule has 1 aliphatic heterocycles. The highest BCUT2D eigenvalue weighted by atomic mass is 16.6. The number of nitro groups is 1. The van der Waals surface area contributed by atoms with Crippen LogP contribution in [0.4, 0.5) is 21.9 Å². The van der Waals surface area contributed by atoms with Crippen LogP contribution in [0.1, 0.15) is 28.8 Å². The van der Waals surface area contributed by atoms with Crippen LogP contribution in [0.2, 0.25) is 0 Å². The molecule has 156 valence electrons. The topological polar surface area (TPSA) is 148 Å². The maximum atomic E-state index is 12.9. The molecule has 1 aliphatic rings. The van der Waals surface area contributed by atoms with E-state index in [1.54, 1.807) is 31.2 Å². The molecule has 1 saturated heterocycles. The maximum Gasteiger partial charge on any atom is 0.316 e. The lowest BCUT2D eigenvalue weighted by atomic mass is 10.1. The van der Waals surface area contributed by atoms with E-state index in [1.165, 1.54) is 23.1 Å². The molecule has 30 heavy (non-hydrogen) atoms. The first-order valence-electron chi connectivity index (χ1n) is 9.29. The SMILES string of the molecule is Cc1cc(C(=O)N2CCCC2C(=O)Nc2cccc(NC(N)=O)c2)ccc1[N+](=O)[O-]. The van der Waals surface area contributed by atoms with E-state index in [0.717, 1.165) is 0 Å². The standard InChI is InChI=1S/C20H21N5O5/c1-12-10-13(7-8-16(12)25(29)30)19(27)24-9-3-6-17(24)18(26)22-14-4-2-5-15(11-14)23-20(21)28/h2,4-5,7-8,10-11,17H,3,6,9H2,1H3,(H,22,26)(H3,21,23,28). The van der Waals surface area contributed by atoms with Crippen LogP contribution in [0.3, 0.4) is 0 Å². The zero-order valence-corrected chi connectivity index (χ0v) is 16.3. The number of nitrogens with one attached hydrogen (secondary N) is 2. The van der Waals surface area contributed by atoms with E-state index in [4.69, 9.17) is 5.73 Å². The Bertz CT molecular complexity index is 1020. The van der Waals surface area contributed by atoms with Gasteiger partial charge in [-0.15, -0.1) is 0 Å². The average Bonchev–Trinajstić information content (AvgIpc) is 3.16. The Morgan fingerprint density at radius 3 is 2.47 bits per heavy atom. The Kier molecular flexibility index (Phi) is 5.95. The fourth-order valence-corrected chi connectivity index (χ4v) is 3.48. The molecular weight excluding hydrogens is 390 g/mol. The number of primary amides is 1. The number of nitro benzene ring substituents is 1. The minimum atomic E-state index is -0.718. The molecule has 1 unspecified atom stereocenters. The second-order valence-corrected chi connectivity index (χ2v) is 6.97. The Balaban J connectivity index is 1.74. The van der Waals surface area contributed by atoms with E-state index >= 15 is 0 Å². The second-order valence-electron chi connectivity index (χ2n) is 6.97.